The molecule has 0 radical (unpaired) electrons. The van der Waals surface area contributed by atoms with Crippen molar-refractivity contribution in [2.75, 3.05) is 13.1 Å². The van der Waals surface area contributed by atoms with Gasteiger partial charge in [0.05, 0.1) is 5.92 Å². The van der Waals surface area contributed by atoms with Crippen molar-refractivity contribution in [3.63, 3.8) is 0 Å². The van der Waals surface area contributed by atoms with E-state index in [2.05, 4.69) is 0 Å². The third-order valence-corrected chi connectivity index (χ3v) is 2.67. The Hall–Kier alpha value is -1.26. The minimum Gasteiger partial charge on any atom is -0.481 e. The van der Waals surface area contributed by atoms with Gasteiger partial charge in [0.15, 0.2) is 0 Å². The van der Waals surface area contributed by atoms with E-state index in [1.807, 2.05) is 0 Å². The van der Waals surface area contributed by atoms with Gasteiger partial charge in [0.25, 0.3) is 0 Å². The first kappa shape index (κ1) is 13.8. The normalized spacial score (nSPS) is 21.8. The van der Waals surface area contributed by atoms with Gasteiger partial charge in [0.1, 0.15) is 5.60 Å². The topological polar surface area (TPSA) is 66.8 Å². The summed E-state index contributed by atoms with van der Waals surface area (Å²) in [5.74, 6) is -1.30. The number of hydrogen-bond acceptors (Lipinski definition) is 3. The van der Waals surface area contributed by atoms with E-state index in [9.17, 15) is 9.59 Å². The van der Waals surface area contributed by atoms with Crippen LogP contribution in [0.5, 0.6) is 0 Å². The zero-order chi connectivity index (χ0) is 13.1. The van der Waals surface area contributed by atoms with Crippen LogP contribution in [-0.2, 0) is 9.53 Å². The predicted molar refractivity (Wildman–Crippen MR) is 62.8 cm³/mol. The lowest BCUT2D eigenvalue weighted by molar-refractivity contribution is -0.142. The Morgan fingerprint density at radius 3 is 2.47 bits per heavy atom. The molecular weight excluding hydrogens is 222 g/mol. The highest BCUT2D eigenvalue weighted by Crippen LogP contribution is 2.19. The van der Waals surface area contributed by atoms with Crippen LogP contribution in [0.4, 0.5) is 4.79 Å². The molecule has 0 aromatic rings. The highest BCUT2D eigenvalue weighted by Gasteiger charge is 2.29. The van der Waals surface area contributed by atoms with Gasteiger partial charge in [0.2, 0.25) is 0 Å². The molecule has 1 aliphatic heterocycles. The highest BCUT2D eigenvalue weighted by atomic mass is 16.6. The highest BCUT2D eigenvalue weighted by molar-refractivity contribution is 5.73. The van der Waals surface area contributed by atoms with Crippen LogP contribution in [0.2, 0.25) is 0 Å². The minimum atomic E-state index is -0.833. The van der Waals surface area contributed by atoms with E-state index in [0.29, 0.717) is 13.0 Å². The van der Waals surface area contributed by atoms with Gasteiger partial charge in [-0.15, -0.1) is 0 Å². The SMILES string of the molecule is CC(C)(C)OC(=O)N1CCCC[C@H](C(=O)O)C1. The summed E-state index contributed by atoms with van der Waals surface area (Å²) >= 11 is 0. The van der Waals surface area contributed by atoms with Crippen LogP contribution in [0.15, 0.2) is 0 Å². The van der Waals surface area contributed by atoms with E-state index < -0.39 is 23.6 Å². The number of carboxylic acids is 1. The molecule has 1 saturated heterocycles. The molecule has 0 aromatic carbocycles. The van der Waals surface area contributed by atoms with E-state index in [0.717, 1.165) is 12.8 Å². The largest absolute Gasteiger partial charge is 0.481 e. The molecule has 5 heteroatoms. The number of carboxylic acid groups (broad SMARTS) is 1. The number of carbonyl (C=O) groups is 2. The Balaban J connectivity index is 2.62. The van der Waals surface area contributed by atoms with Crippen molar-refractivity contribution >= 4 is 12.1 Å². The molecule has 1 atom stereocenters. The molecule has 0 saturated carbocycles. The van der Waals surface area contributed by atoms with E-state index >= 15 is 0 Å². The fraction of sp³-hybridized carbons (Fsp3) is 0.833. The summed E-state index contributed by atoms with van der Waals surface area (Å²) in [4.78, 5) is 24.3. The van der Waals surface area contributed by atoms with E-state index in [4.69, 9.17) is 9.84 Å². The second-order valence-electron chi connectivity index (χ2n) is 5.46. The van der Waals surface area contributed by atoms with Gasteiger partial charge in [-0.05, 0) is 33.6 Å². The molecule has 1 rings (SSSR count). The maximum Gasteiger partial charge on any atom is 0.410 e. The Morgan fingerprint density at radius 2 is 1.94 bits per heavy atom. The predicted octanol–water partition coefficient (Wildman–Crippen LogP) is 2.11. The molecule has 0 aromatic heterocycles. The Labute approximate surface area is 102 Å². The first-order valence-electron chi connectivity index (χ1n) is 6.00. The number of amides is 1. The van der Waals surface area contributed by atoms with Crippen LogP contribution < -0.4 is 0 Å². The second kappa shape index (κ2) is 5.38. The van der Waals surface area contributed by atoms with Crippen molar-refractivity contribution in [1.29, 1.82) is 0 Å². The van der Waals surface area contributed by atoms with Gasteiger partial charge in [-0.25, -0.2) is 4.79 Å². The summed E-state index contributed by atoms with van der Waals surface area (Å²) in [7, 11) is 0. The van der Waals surface area contributed by atoms with Gasteiger partial charge in [-0.1, -0.05) is 6.42 Å². The minimum absolute atomic E-state index is 0.254. The lowest BCUT2D eigenvalue weighted by Gasteiger charge is -2.27. The standard InChI is InChI=1S/C12H21NO4/c1-12(2,3)17-11(16)13-7-5-4-6-9(8-13)10(14)15/h9H,4-8H2,1-3H3,(H,14,15)/t9-/m0/s1. The van der Waals surface area contributed by atoms with Gasteiger partial charge < -0.3 is 14.7 Å². The Morgan fingerprint density at radius 1 is 1.29 bits per heavy atom. The lowest BCUT2D eigenvalue weighted by Crippen LogP contribution is -2.40. The molecule has 0 aliphatic carbocycles. The van der Waals surface area contributed by atoms with Crippen molar-refractivity contribution in [3.8, 4) is 0 Å². The Bertz CT molecular complexity index is 295. The van der Waals surface area contributed by atoms with Crippen molar-refractivity contribution < 1.29 is 19.4 Å². The van der Waals surface area contributed by atoms with Gasteiger partial charge in [-0.3, -0.25) is 4.79 Å². The molecule has 1 fully saturated rings. The van der Waals surface area contributed by atoms with Crippen molar-refractivity contribution in [3.05, 3.63) is 0 Å². The van der Waals surface area contributed by atoms with E-state index in [-0.39, 0.29) is 6.54 Å². The smallest absolute Gasteiger partial charge is 0.410 e. The average Bonchev–Trinajstić information content (AvgIpc) is 2.39. The van der Waals surface area contributed by atoms with Crippen molar-refractivity contribution in [1.82, 2.24) is 4.90 Å². The first-order valence-corrected chi connectivity index (χ1v) is 6.00. The number of hydrogen-bond donors (Lipinski definition) is 1. The molecule has 1 aliphatic rings. The summed E-state index contributed by atoms with van der Waals surface area (Å²) in [6.07, 6.45) is 1.90. The molecule has 0 spiro atoms. The lowest BCUT2D eigenvalue weighted by atomic mass is 10.0. The van der Waals surface area contributed by atoms with Crippen LogP contribution >= 0.6 is 0 Å². The maximum absolute atomic E-state index is 11.8. The number of likely N-dealkylation sites (tertiary alicyclic amines) is 1. The zero-order valence-electron chi connectivity index (χ0n) is 10.7. The number of nitrogens with zero attached hydrogens (tertiary/aromatic N) is 1. The summed E-state index contributed by atoms with van der Waals surface area (Å²) in [6, 6.07) is 0. The van der Waals surface area contributed by atoms with Crippen molar-refractivity contribution in [2.45, 2.75) is 45.6 Å². The van der Waals surface area contributed by atoms with Crippen LogP contribution in [0.1, 0.15) is 40.0 Å². The quantitative estimate of drug-likeness (QED) is 0.766. The van der Waals surface area contributed by atoms with Crippen LogP contribution in [0.25, 0.3) is 0 Å². The second-order valence-corrected chi connectivity index (χ2v) is 5.46. The molecule has 5 nitrogen and oxygen atoms in total. The molecule has 1 amide bonds. The van der Waals surface area contributed by atoms with Crippen molar-refractivity contribution in [2.24, 2.45) is 5.92 Å². The van der Waals surface area contributed by atoms with Gasteiger partial charge in [0, 0.05) is 13.1 Å². The molecule has 1 N–H and O–H groups in total. The zero-order valence-corrected chi connectivity index (χ0v) is 10.7. The molecule has 0 bridgehead atoms. The fourth-order valence-corrected chi connectivity index (χ4v) is 1.84. The first-order chi connectivity index (χ1) is 7.79. The molecule has 98 valence electrons. The maximum atomic E-state index is 11.8. The third kappa shape index (κ3) is 4.63. The van der Waals surface area contributed by atoms with E-state index in [1.54, 1.807) is 20.8 Å². The summed E-state index contributed by atoms with van der Waals surface area (Å²) in [5, 5.41) is 9.02. The summed E-state index contributed by atoms with van der Waals surface area (Å²) in [5.41, 5.74) is -0.540. The number of carbonyl (C=O) groups excluding carboxylic acids is 1. The van der Waals surface area contributed by atoms with Crippen LogP contribution in [0, 0.1) is 5.92 Å². The summed E-state index contributed by atoms with van der Waals surface area (Å²) in [6.45, 7) is 6.25. The van der Waals surface area contributed by atoms with Crippen LogP contribution in [0.3, 0.4) is 0 Å². The average molecular weight is 243 g/mol. The Kier molecular flexibility index (Phi) is 4.37. The van der Waals surface area contributed by atoms with Crippen LogP contribution in [-0.4, -0.2) is 40.8 Å². The van der Waals surface area contributed by atoms with E-state index in [1.165, 1.54) is 4.90 Å². The summed E-state index contributed by atoms with van der Waals surface area (Å²) < 4.78 is 5.25. The number of aliphatic carboxylic acids is 1. The molecule has 17 heavy (non-hydrogen) atoms. The monoisotopic (exact) mass is 243 g/mol. The van der Waals surface area contributed by atoms with Gasteiger partial charge >= 0.3 is 12.1 Å². The molecular formula is C12H21NO4. The number of rotatable bonds is 1. The molecule has 1 heterocycles. The van der Waals surface area contributed by atoms with Gasteiger partial charge in [-0.2, -0.15) is 0 Å². The fourth-order valence-electron chi connectivity index (χ4n) is 1.84. The molecule has 0 unspecified atom stereocenters. The number of ether oxygens (including phenoxy) is 1. The third-order valence-electron chi connectivity index (χ3n) is 2.67.